The van der Waals surface area contributed by atoms with E-state index in [1.54, 1.807) is 0 Å². The Hall–Kier alpha value is -2.28. The first-order chi connectivity index (χ1) is 9.65. The summed E-state index contributed by atoms with van der Waals surface area (Å²) in [6.07, 6.45) is 0.162. The minimum absolute atomic E-state index is 0.162. The number of amides is 2. The third kappa shape index (κ3) is 2.27. The van der Waals surface area contributed by atoms with Crippen LogP contribution < -0.4 is 5.32 Å². The molecule has 3 rings (SSSR count). The van der Waals surface area contributed by atoms with Gasteiger partial charge in [0.25, 0.3) is 5.91 Å². The van der Waals surface area contributed by atoms with Gasteiger partial charge in [-0.25, -0.2) is 0 Å². The van der Waals surface area contributed by atoms with Crippen LogP contribution in [0.1, 0.15) is 6.42 Å². The minimum atomic E-state index is -0.538. The first-order valence-corrected chi connectivity index (χ1v) is 6.88. The molecule has 6 nitrogen and oxygen atoms in total. The summed E-state index contributed by atoms with van der Waals surface area (Å²) in [5, 5.41) is 3.52. The van der Waals surface area contributed by atoms with Gasteiger partial charge in [-0.1, -0.05) is 30.3 Å². The van der Waals surface area contributed by atoms with Crippen molar-refractivity contribution in [1.29, 1.82) is 0 Å². The van der Waals surface area contributed by atoms with E-state index in [1.165, 1.54) is 18.6 Å². The van der Waals surface area contributed by atoms with Crippen LogP contribution in [-0.2, 0) is 9.59 Å². The first-order valence-electron chi connectivity index (χ1n) is 6.11. The Morgan fingerprint density at radius 1 is 1.30 bits per heavy atom. The second-order valence-electron chi connectivity index (χ2n) is 4.48. The van der Waals surface area contributed by atoms with Gasteiger partial charge in [-0.3, -0.25) is 14.5 Å². The summed E-state index contributed by atoms with van der Waals surface area (Å²) in [5.74, 6) is 0.204. The Balaban J connectivity index is 1.76. The van der Waals surface area contributed by atoms with Gasteiger partial charge in [0.15, 0.2) is 5.82 Å². The summed E-state index contributed by atoms with van der Waals surface area (Å²) in [4.78, 5) is 28.7. The number of hydrogen-bond donors (Lipinski definition) is 1. The minimum Gasteiger partial charge on any atom is -0.348 e. The first kappa shape index (κ1) is 12.7. The maximum Gasteiger partial charge on any atom is 0.251 e. The maximum absolute atomic E-state index is 11.8. The quantitative estimate of drug-likeness (QED) is 0.863. The van der Waals surface area contributed by atoms with Crippen LogP contribution in [0.2, 0.25) is 0 Å². The van der Waals surface area contributed by atoms with E-state index < -0.39 is 6.04 Å². The number of imide groups is 1. The lowest BCUT2D eigenvalue weighted by molar-refractivity contribution is -0.136. The van der Waals surface area contributed by atoms with E-state index >= 15 is 0 Å². The summed E-state index contributed by atoms with van der Waals surface area (Å²) < 4.78 is 4.25. The van der Waals surface area contributed by atoms with Crippen LogP contribution >= 0.6 is 11.5 Å². The standard InChI is InChI=1S/C13H12N4O2S/c1-17-10(18)7-9(12(17)19)14-13-15-11(16-20-13)8-5-3-2-4-6-8/h2-6,9H,7H2,1H3,(H,14,15,16). The zero-order chi connectivity index (χ0) is 14.1. The highest BCUT2D eigenvalue weighted by atomic mass is 32.1. The van der Waals surface area contributed by atoms with Crippen molar-refractivity contribution in [2.45, 2.75) is 12.5 Å². The number of likely N-dealkylation sites (tertiary alicyclic amines) is 1. The van der Waals surface area contributed by atoms with Gasteiger partial charge in [0.2, 0.25) is 11.0 Å². The van der Waals surface area contributed by atoms with Gasteiger partial charge in [0.05, 0.1) is 6.42 Å². The van der Waals surface area contributed by atoms with Crippen LogP contribution in [0, 0.1) is 0 Å². The zero-order valence-electron chi connectivity index (χ0n) is 10.7. The molecule has 1 unspecified atom stereocenters. The number of rotatable bonds is 3. The van der Waals surface area contributed by atoms with Gasteiger partial charge in [0, 0.05) is 24.1 Å². The summed E-state index contributed by atoms with van der Waals surface area (Å²) in [7, 11) is 1.49. The fourth-order valence-corrected chi connectivity index (χ4v) is 2.65. The number of nitrogens with zero attached hydrogens (tertiary/aromatic N) is 3. The lowest BCUT2D eigenvalue weighted by atomic mass is 10.2. The average molecular weight is 288 g/mol. The van der Waals surface area contributed by atoms with Crippen molar-refractivity contribution in [3.8, 4) is 11.4 Å². The van der Waals surface area contributed by atoms with E-state index in [-0.39, 0.29) is 18.2 Å². The van der Waals surface area contributed by atoms with Crippen molar-refractivity contribution in [1.82, 2.24) is 14.3 Å². The van der Waals surface area contributed by atoms with E-state index in [1.807, 2.05) is 30.3 Å². The molecule has 20 heavy (non-hydrogen) atoms. The fraction of sp³-hybridized carbons (Fsp3) is 0.231. The third-order valence-corrected chi connectivity index (χ3v) is 3.78. The molecular weight excluding hydrogens is 276 g/mol. The van der Waals surface area contributed by atoms with E-state index in [4.69, 9.17) is 0 Å². The van der Waals surface area contributed by atoms with Crippen LogP contribution in [0.5, 0.6) is 0 Å². The molecule has 0 aliphatic carbocycles. The van der Waals surface area contributed by atoms with Crippen molar-refractivity contribution in [3.05, 3.63) is 30.3 Å². The highest BCUT2D eigenvalue weighted by Crippen LogP contribution is 2.23. The van der Waals surface area contributed by atoms with Crippen molar-refractivity contribution in [3.63, 3.8) is 0 Å². The molecule has 2 heterocycles. The molecule has 102 valence electrons. The molecule has 1 aliphatic heterocycles. The van der Waals surface area contributed by atoms with Crippen LogP contribution in [0.3, 0.4) is 0 Å². The molecule has 1 fully saturated rings. The predicted molar refractivity (Wildman–Crippen MR) is 75.1 cm³/mol. The second kappa shape index (κ2) is 5.01. The molecule has 0 bridgehead atoms. The van der Waals surface area contributed by atoms with Gasteiger partial charge in [-0.05, 0) is 0 Å². The van der Waals surface area contributed by atoms with Crippen molar-refractivity contribution in [2.24, 2.45) is 0 Å². The molecule has 1 aromatic heterocycles. The summed E-state index contributed by atoms with van der Waals surface area (Å²) in [6, 6.07) is 9.06. The molecule has 7 heteroatoms. The second-order valence-corrected chi connectivity index (χ2v) is 5.23. The third-order valence-electron chi connectivity index (χ3n) is 3.14. The van der Waals surface area contributed by atoms with E-state index in [0.717, 1.165) is 10.5 Å². The van der Waals surface area contributed by atoms with Gasteiger partial charge in [-0.2, -0.15) is 9.36 Å². The molecule has 2 amide bonds. The van der Waals surface area contributed by atoms with Gasteiger partial charge >= 0.3 is 0 Å². The molecule has 1 aromatic carbocycles. The molecule has 0 radical (unpaired) electrons. The number of carbonyl (C=O) groups is 2. The van der Waals surface area contributed by atoms with Crippen molar-refractivity contribution in [2.75, 3.05) is 12.4 Å². The number of carbonyl (C=O) groups excluding carboxylic acids is 2. The largest absolute Gasteiger partial charge is 0.348 e. The van der Waals surface area contributed by atoms with E-state index in [0.29, 0.717) is 11.0 Å². The molecular formula is C13H12N4O2S. The number of hydrogen-bond acceptors (Lipinski definition) is 6. The van der Waals surface area contributed by atoms with Crippen LogP contribution in [0.25, 0.3) is 11.4 Å². The van der Waals surface area contributed by atoms with Crippen LogP contribution in [-0.4, -0.2) is 39.2 Å². The topological polar surface area (TPSA) is 75.2 Å². The average Bonchev–Trinajstić information content (AvgIpc) is 3.02. The smallest absolute Gasteiger partial charge is 0.251 e. The zero-order valence-corrected chi connectivity index (χ0v) is 11.6. The number of nitrogens with one attached hydrogen (secondary N) is 1. The molecule has 1 saturated heterocycles. The lowest BCUT2D eigenvalue weighted by Crippen LogP contribution is -2.31. The Morgan fingerprint density at radius 2 is 2.05 bits per heavy atom. The summed E-state index contributed by atoms with van der Waals surface area (Å²) >= 11 is 1.18. The normalized spacial score (nSPS) is 18.6. The molecule has 2 aromatic rings. The van der Waals surface area contributed by atoms with E-state index in [9.17, 15) is 9.59 Å². The SMILES string of the molecule is CN1C(=O)CC(Nc2nc(-c3ccccc3)ns2)C1=O. The van der Waals surface area contributed by atoms with E-state index in [2.05, 4.69) is 14.7 Å². The number of anilines is 1. The summed E-state index contributed by atoms with van der Waals surface area (Å²) in [6.45, 7) is 0. The summed E-state index contributed by atoms with van der Waals surface area (Å²) in [5.41, 5.74) is 0.919. The predicted octanol–water partition coefficient (Wildman–Crippen LogP) is 1.37. The number of aromatic nitrogens is 2. The Labute approximate surface area is 119 Å². The molecule has 1 aliphatic rings. The lowest BCUT2D eigenvalue weighted by Gasteiger charge is -2.08. The Kier molecular flexibility index (Phi) is 3.19. The number of likely N-dealkylation sites (N-methyl/N-ethyl adjacent to an activating group) is 1. The molecule has 1 atom stereocenters. The molecule has 0 spiro atoms. The van der Waals surface area contributed by atoms with Gasteiger partial charge in [-0.15, -0.1) is 0 Å². The monoisotopic (exact) mass is 288 g/mol. The molecule has 1 N–H and O–H groups in total. The highest BCUT2D eigenvalue weighted by Gasteiger charge is 2.36. The number of benzene rings is 1. The van der Waals surface area contributed by atoms with Crippen molar-refractivity contribution >= 4 is 28.5 Å². The Morgan fingerprint density at radius 3 is 2.70 bits per heavy atom. The Bertz CT molecular complexity index is 655. The highest BCUT2D eigenvalue weighted by molar-refractivity contribution is 7.09. The molecule has 0 saturated carbocycles. The van der Waals surface area contributed by atoms with Crippen LogP contribution in [0.15, 0.2) is 30.3 Å². The van der Waals surface area contributed by atoms with Crippen LogP contribution in [0.4, 0.5) is 5.13 Å². The van der Waals surface area contributed by atoms with Crippen molar-refractivity contribution < 1.29 is 9.59 Å². The van der Waals surface area contributed by atoms with Gasteiger partial charge in [0.1, 0.15) is 6.04 Å². The fourth-order valence-electron chi connectivity index (χ4n) is 2.00. The van der Waals surface area contributed by atoms with Gasteiger partial charge < -0.3 is 5.32 Å². The maximum atomic E-state index is 11.8.